The SMILES string of the molecule is CCC(C)(C#N)C(=O)NCC(C)CO. The van der Waals surface area contributed by atoms with Gasteiger partial charge in [-0.25, -0.2) is 0 Å². The van der Waals surface area contributed by atoms with E-state index in [0.717, 1.165) is 0 Å². The molecule has 0 saturated carbocycles. The summed E-state index contributed by atoms with van der Waals surface area (Å²) in [6, 6.07) is 2.00. The molecular formula is C10H18N2O2. The van der Waals surface area contributed by atoms with Crippen LogP contribution in [0.25, 0.3) is 0 Å². The fourth-order valence-electron chi connectivity index (χ4n) is 0.817. The first kappa shape index (κ1) is 12.9. The van der Waals surface area contributed by atoms with Gasteiger partial charge in [0.05, 0.1) is 6.07 Å². The molecule has 0 aliphatic carbocycles. The van der Waals surface area contributed by atoms with Crippen LogP contribution in [0.1, 0.15) is 27.2 Å². The highest BCUT2D eigenvalue weighted by Gasteiger charge is 2.30. The summed E-state index contributed by atoms with van der Waals surface area (Å²) in [5.41, 5.74) is -0.949. The number of hydrogen-bond donors (Lipinski definition) is 2. The lowest BCUT2D eigenvalue weighted by molar-refractivity contribution is -0.127. The lowest BCUT2D eigenvalue weighted by Gasteiger charge is -2.19. The Morgan fingerprint density at radius 1 is 1.71 bits per heavy atom. The number of carbonyl (C=O) groups is 1. The molecule has 1 amide bonds. The number of aliphatic hydroxyl groups is 1. The Balaban J connectivity index is 4.15. The fraction of sp³-hybridized carbons (Fsp3) is 0.800. The molecule has 2 atom stereocenters. The van der Waals surface area contributed by atoms with Crippen molar-refractivity contribution in [2.24, 2.45) is 11.3 Å². The van der Waals surface area contributed by atoms with Crippen LogP contribution < -0.4 is 5.32 Å². The molecule has 0 saturated heterocycles. The monoisotopic (exact) mass is 198 g/mol. The largest absolute Gasteiger partial charge is 0.396 e. The van der Waals surface area contributed by atoms with Crippen molar-refractivity contribution in [1.82, 2.24) is 5.32 Å². The summed E-state index contributed by atoms with van der Waals surface area (Å²) in [4.78, 5) is 11.5. The summed E-state index contributed by atoms with van der Waals surface area (Å²) in [6.07, 6.45) is 0.489. The normalized spacial score (nSPS) is 16.5. The summed E-state index contributed by atoms with van der Waals surface area (Å²) >= 11 is 0. The second kappa shape index (κ2) is 5.61. The van der Waals surface area contributed by atoms with Crippen LogP contribution in [0.15, 0.2) is 0 Å². The maximum Gasteiger partial charge on any atom is 0.240 e. The molecule has 0 heterocycles. The predicted octanol–water partition coefficient (Wildman–Crippen LogP) is 0.671. The summed E-state index contributed by atoms with van der Waals surface area (Å²) in [7, 11) is 0. The lowest BCUT2D eigenvalue weighted by atomic mass is 9.88. The number of carbonyl (C=O) groups excluding carboxylic acids is 1. The molecule has 2 N–H and O–H groups in total. The second-order valence-electron chi connectivity index (χ2n) is 3.80. The lowest BCUT2D eigenvalue weighted by Crippen LogP contribution is -2.40. The van der Waals surface area contributed by atoms with Crippen LogP contribution >= 0.6 is 0 Å². The highest BCUT2D eigenvalue weighted by Crippen LogP contribution is 2.19. The third-order valence-electron chi connectivity index (χ3n) is 2.38. The molecule has 80 valence electrons. The first-order chi connectivity index (χ1) is 6.50. The van der Waals surface area contributed by atoms with Gasteiger partial charge in [-0.1, -0.05) is 13.8 Å². The Labute approximate surface area is 84.9 Å². The van der Waals surface area contributed by atoms with Crippen LogP contribution in [0.3, 0.4) is 0 Å². The number of aliphatic hydroxyl groups excluding tert-OH is 1. The fourth-order valence-corrected chi connectivity index (χ4v) is 0.817. The quantitative estimate of drug-likeness (QED) is 0.682. The Morgan fingerprint density at radius 2 is 2.29 bits per heavy atom. The van der Waals surface area contributed by atoms with E-state index in [1.165, 1.54) is 0 Å². The van der Waals surface area contributed by atoms with E-state index in [9.17, 15) is 4.79 Å². The van der Waals surface area contributed by atoms with Gasteiger partial charge in [-0.3, -0.25) is 4.79 Å². The zero-order valence-corrected chi connectivity index (χ0v) is 9.00. The molecule has 0 spiro atoms. The average Bonchev–Trinajstić information content (AvgIpc) is 2.23. The van der Waals surface area contributed by atoms with E-state index in [1.54, 1.807) is 13.8 Å². The van der Waals surface area contributed by atoms with Gasteiger partial charge in [-0.05, 0) is 19.3 Å². The average molecular weight is 198 g/mol. The third kappa shape index (κ3) is 3.35. The van der Waals surface area contributed by atoms with E-state index in [-0.39, 0.29) is 18.4 Å². The molecule has 4 heteroatoms. The van der Waals surface area contributed by atoms with Crippen LogP contribution in [0.5, 0.6) is 0 Å². The number of nitrogens with one attached hydrogen (secondary N) is 1. The van der Waals surface area contributed by atoms with Gasteiger partial charge in [0.2, 0.25) is 5.91 Å². The van der Waals surface area contributed by atoms with Crippen molar-refractivity contribution < 1.29 is 9.90 Å². The first-order valence-electron chi connectivity index (χ1n) is 4.80. The van der Waals surface area contributed by atoms with Gasteiger partial charge in [-0.2, -0.15) is 5.26 Å². The summed E-state index contributed by atoms with van der Waals surface area (Å²) in [5.74, 6) is -0.235. The number of hydrogen-bond acceptors (Lipinski definition) is 3. The maximum atomic E-state index is 11.5. The van der Waals surface area contributed by atoms with E-state index in [1.807, 2.05) is 13.0 Å². The molecule has 0 aromatic carbocycles. The molecule has 0 aromatic rings. The molecule has 0 rings (SSSR count). The van der Waals surface area contributed by atoms with Crippen molar-refractivity contribution in [3.8, 4) is 6.07 Å². The summed E-state index contributed by atoms with van der Waals surface area (Å²) in [6.45, 7) is 5.70. The maximum absolute atomic E-state index is 11.5. The van der Waals surface area contributed by atoms with Crippen molar-refractivity contribution in [1.29, 1.82) is 5.26 Å². The number of rotatable bonds is 5. The first-order valence-corrected chi connectivity index (χ1v) is 4.80. The smallest absolute Gasteiger partial charge is 0.240 e. The highest BCUT2D eigenvalue weighted by atomic mass is 16.3. The predicted molar refractivity (Wildman–Crippen MR) is 53.3 cm³/mol. The van der Waals surface area contributed by atoms with Crippen molar-refractivity contribution in [3.05, 3.63) is 0 Å². The topological polar surface area (TPSA) is 73.1 Å². The molecule has 2 unspecified atom stereocenters. The molecular weight excluding hydrogens is 180 g/mol. The van der Waals surface area contributed by atoms with Gasteiger partial charge in [-0.15, -0.1) is 0 Å². The van der Waals surface area contributed by atoms with Crippen LogP contribution in [0.2, 0.25) is 0 Å². The standard InChI is InChI=1S/C10H18N2O2/c1-4-10(3,7-11)9(14)12-5-8(2)6-13/h8,13H,4-6H2,1-3H3,(H,12,14). The molecule has 14 heavy (non-hydrogen) atoms. The van der Waals surface area contributed by atoms with Crippen molar-refractivity contribution in [2.45, 2.75) is 27.2 Å². The number of nitriles is 1. The van der Waals surface area contributed by atoms with Crippen LogP contribution in [-0.2, 0) is 4.79 Å². The van der Waals surface area contributed by atoms with Crippen LogP contribution in [0.4, 0.5) is 0 Å². The zero-order chi connectivity index (χ0) is 11.2. The van der Waals surface area contributed by atoms with Gasteiger partial charge < -0.3 is 10.4 Å². The Hall–Kier alpha value is -1.08. The van der Waals surface area contributed by atoms with Gasteiger partial charge in [0.1, 0.15) is 5.41 Å². The molecule has 0 aromatic heterocycles. The number of amides is 1. The van der Waals surface area contributed by atoms with E-state index in [2.05, 4.69) is 5.32 Å². The van der Waals surface area contributed by atoms with E-state index < -0.39 is 5.41 Å². The molecule has 0 aliphatic rings. The van der Waals surface area contributed by atoms with E-state index in [4.69, 9.17) is 10.4 Å². The minimum atomic E-state index is -0.949. The highest BCUT2D eigenvalue weighted by molar-refractivity contribution is 5.84. The van der Waals surface area contributed by atoms with Gasteiger partial charge >= 0.3 is 0 Å². The van der Waals surface area contributed by atoms with Crippen molar-refractivity contribution in [2.75, 3.05) is 13.2 Å². The van der Waals surface area contributed by atoms with Gasteiger partial charge in [0, 0.05) is 13.2 Å². The van der Waals surface area contributed by atoms with Crippen molar-refractivity contribution in [3.63, 3.8) is 0 Å². The molecule has 0 aliphatic heterocycles. The summed E-state index contributed by atoms with van der Waals surface area (Å²) < 4.78 is 0. The molecule has 0 radical (unpaired) electrons. The molecule has 0 fully saturated rings. The Morgan fingerprint density at radius 3 is 2.64 bits per heavy atom. The number of nitrogens with zero attached hydrogens (tertiary/aromatic N) is 1. The van der Waals surface area contributed by atoms with E-state index >= 15 is 0 Å². The van der Waals surface area contributed by atoms with Gasteiger partial charge in [0.15, 0.2) is 0 Å². The molecule has 4 nitrogen and oxygen atoms in total. The third-order valence-corrected chi connectivity index (χ3v) is 2.38. The van der Waals surface area contributed by atoms with Crippen LogP contribution in [0, 0.1) is 22.7 Å². The van der Waals surface area contributed by atoms with Gasteiger partial charge in [0.25, 0.3) is 0 Å². The van der Waals surface area contributed by atoms with E-state index in [0.29, 0.717) is 13.0 Å². The van der Waals surface area contributed by atoms with Crippen LogP contribution in [-0.4, -0.2) is 24.2 Å². The Kier molecular flexibility index (Phi) is 5.18. The zero-order valence-electron chi connectivity index (χ0n) is 9.00. The summed E-state index contributed by atoms with van der Waals surface area (Å²) in [5, 5.41) is 20.2. The second-order valence-corrected chi connectivity index (χ2v) is 3.80. The minimum Gasteiger partial charge on any atom is -0.396 e. The minimum absolute atomic E-state index is 0.0266. The van der Waals surface area contributed by atoms with Crippen molar-refractivity contribution >= 4 is 5.91 Å². The molecule has 0 bridgehead atoms. The Bertz CT molecular complexity index is 235.